The third kappa shape index (κ3) is 3.06. The predicted molar refractivity (Wildman–Crippen MR) is 106 cm³/mol. The summed E-state index contributed by atoms with van der Waals surface area (Å²) in [6.45, 7) is 6.30. The van der Waals surface area contributed by atoms with Gasteiger partial charge in [-0.3, -0.25) is 4.98 Å². The Morgan fingerprint density at radius 3 is 2.42 bits per heavy atom. The molecule has 0 aliphatic carbocycles. The highest BCUT2D eigenvalue weighted by Crippen LogP contribution is 2.33. The van der Waals surface area contributed by atoms with Crippen LogP contribution in [0.25, 0.3) is 33.9 Å². The summed E-state index contributed by atoms with van der Waals surface area (Å²) in [5, 5.41) is 0. The van der Waals surface area contributed by atoms with Crippen LogP contribution in [0.4, 0.5) is 0 Å². The van der Waals surface area contributed by atoms with Gasteiger partial charge in [-0.2, -0.15) is 0 Å². The molecular formula is C22H22N4. The summed E-state index contributed by atoms with van der Waals surface area (Å²) >= 11 is 0. The molecule has 0 spiro atoms. The lowest BCUT2D eigenvalue weighted by Crippen LogP contribution is -1.90. The number of pyridine rings is 1. The molecule has 1 aromatic carbocycles. The van der Waals surface area contributed by atoms with Crippen LogP contribution in [0, 0.1) is 6.92 Å². The molecule has 4 aromatic rings. The van der Waals surface area contributed by atoms with E-state index < -0.39 is 0 Å². The second kappa shape index (κ2) is 6.64. The number of nitrogens with zero attached hydrogens (tertiary/aromatic N) is 2. The molecule has 0 aliphatic rings. The summed E-state index contributed by atoms with van der Waals surface area (Å²) < 4.78 is 0. The highest BCUT2D eigenvalue weighted by Gasteiger charge is 2.17. The minimum Gasteiger partial charge on any atom is -0.361 e. The molecule has 0 aliphatic heterocycles. The average Bonchev–Trinajstić information content (AvgIpc) is 3.32. The molecule has 4 nitrogen and oxygen atoms in total. The second-order valence-corrected chi connectivity index (χ2v) is 6.83. The molecule has 0 bridgehead atoms. The molecule has 0 radical (unpaired) electrons. The number of nitrogens with one attached hydrogen (secondary N) is 2. The normalized spacial score (nSPS) is 11.2. The van der Waals surface area contributed by atoms with Crippen LogP contribution < -0.4 is 0 Å². The fourth-order valence-electron chi connectivity index (χ4n) is 3.09. The molecule has 0 saturated carbocycles. The van der Waals surface area contributed by atoms with Crippen molar-refractivity contribution in [1.82, 2.24) is 19.9 Å². The molecule has 2 N–H and O–H groups in total. The van der Waals surface area contributed by atoms with Crippen LogP contribution in [0.5, 0.6) is 0 Å². The van der Waals surface area contributed by atoms with Crippen LogP contribution in [-0.2, 0) is 0 Å². The summed E-state index contributed by atoms with van der Waals surface area (Å²) in [7, 11) is 0. The molecule has 26 heavy (non-hydrogen) atoms. The number of hydrogen-bond acceptors (Lipinski definition) is 2. The molecule has 3 heterocycles. The Hall–Kier alpha value is -3.14. The Kier molecular flexibility index (Phi) is 4.17. The van der Waals surface area contributed by atoms with Crippen molar-refractivity contribution in [3.63, 3.8) is 0 Å². The quantitative estimate of drug-likeness (QED) is 0.510. The zero-order chi connectivity index (χ0) is 18.1. The third-order valence-corrected chi connectivity index (χ3v) is 4.46. The first kappa shape index (κ1) is 16.3. The highest BCUT2D eigenvalue weighted by atomic mass is 15.0. The molecule has 0 amide bonds. The van der Waals surface area contributed by atoms with Gasteiger partial charge in [-0.05, 0) is 42.8 Å². The number of imidazole rings is 1. The summed E-state index contributed by atoms with van der Waals surface area (Å²) in [4.78, 5) is 16.4. The first-order valence-corrected chi connectivity index (χ1v) is 8.90. The van der Waals surface area contributed by atoms with Crippen molar-refractivity contribution < 1.29 is 0 Å². The van der Waals surface area contributed by atoms with Gasteiger partial charge in [0.05, 0.1) is 17.1 Å². The lowest BCUT2D eigenvalue weighted by atomic mass is 10.0. The molecule has 130 valence electrons. The van der Waals surface area contributed by atoms with E-state index in [9.17, 15) is 0 Å². The third-order valence-electron chi connectivity index (χ3n) is 4.46. The topological polar surface area (TPSA) is 57.4 Å². The van der Waals surface area contributed by atoms with Crippen LogP contribution >= 0.6 is 0 Å². The molecule has 0 unspecified atom stereocenters. The van der Waals surface area contributed by atoms with Gasteiger partial charge in [0.2, 0.25) is 0 Å². The Balaban J connectivity index is 1.87. The molecule has 3 aromatic heterocycles. The van der Waals surface area contributed by atoms with E-state index in [4.69, 9.17) is 9.97 Å². The number of rotatable bonds is 4. The Morgan fingerprint density at radius 2 is 1.69 bits per heavy atom. The van der Waals surface area contributed by atoms with Crippen LogP contribution in [0.15, 0.2) is 60.8 Å². The second-order valence-electron chi connectivity index (χ2n) is 6.83. The van der Waals surface area contributed by atoms with Crippen molar-refractivity contribution in [2.24, 2.45) is 0 Å². The van der Waals surface area contributed by atoms with Crippen molar-refractivity contribution in [2.45, 2.75) is 26.7 Å². The number of aromatic nitrogens is 4. The Morgan fingerprint density at radius 1 is 0.885 bits per heavy atom. The summed E-state index contributed by atoms with van der Waals surface area (Å²) in [6, 6.07) is 18.6. The van der Waals surface area contributed by atoms with Crippen molar-refractivity contribution in [3.8, 4) is 33.9 Å². The maximum atomic E-state index is 4.90. The number of aromatic amines is 2. The first-order chi connectivity index (χ1) is 12.6. The monoisotopic (exact) mass is 342 g/mol. The van der Waals surface area contributed by atoms with Crippen molar-refractivity contribution in [2.75, 3.05) is 0 Å². The molecule has 0 saturated heterocycles. The van der Waals surface area contributed by atoms with Gasteiger partial charge in [0.1, 0.15) is 5.82 Å². The van der Waals surface area contributed by atoms with E-state index in [1.807, 2.05) is 37.4 Å². The fourth-order valence-corrected chi connectivity index (χ4v) is 3.09. The lowest BCUT2D eigenvalue weighted by Gasteiger charge is -2.05. The van der Waals surface area contributed by atoms with Gasteiger partial charge in [-0.15, -0.1) is 0 Å². The maximum absolute atomic E-state index is 4.90. The first-order valence-electron chi connectivity index (χ1n) is 8.90. The van der Waals surface area contributed by atoms with E-state index in [-0.39, 0.29) is 0 Å². The predicted octanol–water partition coefficient (Wildman–Crippen LogP) is 5.57. The van der Waals surface area contributed by atoms with E-state index in [1.54, 1.807) is 0 Å². The van der Waals surface area contributed by atoms with E-state index >= 15 is 0 Å². The van der Waals surface area contributed by atoms with Gasteiger partial charge in [-0.25, -0.2) is 4.98 Å². The van der Waals surface area contributed by atoms with Gasteiger partial charge in [0.25, 0.3) is 0 Å². The van der Waals surface area contributed by atoms with Crippen molar-refractivity contribution in [3.05, 3.63) is 72.3 Å². The SMILES string of the molecule is Cc1cccc(-c2[nH]c(C(C)C)nc2-c2cccc(-c3ccc[nH]3)c2)n1. The van der Waals surface area contributed by atoms with Crippen molar-refractivity contribution in [1.29, 1.82) is 0 Å². The number of benzene rings is 1. The zero-order valence-corrected chi connectivity index (χ0v) is 15.2. The van der Waals surface area contributed by atoms with Gasteiger partial charge >= 0.3 is 0 Å². The maximum Gasteiger partial charge on any atom is 0.109 e. The van der Waals surface area contributed by atoms with Crippen LogP contribution in [0.1, 0.15) is 31.3 Å². The minimum absolute atomic E-state index is 0.318. The smallest absolute Gasteiger partial charge is 0.109 e. The molecule has 4 rings (SSSR count). The van der Waals surface area contributed by atoms with Gasteiger partial charge < -0.3 is 9.97 Å². The van der Waals surface area contributed by atoms with E-state index in [2.05, 4.69) is 54.1 Å². The van der Waals surface area contributed by atoms with Gasteiger partial charge in [-0.1, -0.05) is 38.1 Å². The molecule has 4 heteroatoms. The van der Waals surface area contributed by atoms with Crippen LogP contribution in [0.3, 0.4) is 0 Å². The Bertz CT molecular complexity index is 1030. The highest BCUT2D eigenvalue weighted by molar-refractivity contribution is 5.79. The summed E-state index contributed by atoms with van der Waals surface area (Å²) in [5.41, 5.74) is 7.16. The Labute approximate surface area is 153 Å². The van der Waals surface area contributed by atoms with Crippen molar-refractivity contribution >= 4 is 0 Å². The van der Waals surface area contributed by atoms with E-state index in [0.29, 0.717) is 5.92 Å². The molecule has 0 atom stereocenters. The minimum atomic E-state index is 0.318. The zero-order valence-electron chi connectivity index (χ0n) is 15.2. The summed E-state index contributed by atoms with van der Waals surface area (Å²) in [5.74, 6) is 1.29. The average molecular weight is 342 g/mol. The fraction of sp³-hybridized carbons (Fsp3) is 0.182. The van der Waals surface area contributed by atoms with Gasteiger partial charge in [0.15, 0.2) is 0 Å². The molecule has 0 fully saturated rings. The standard InChI is InChI=1S/C22H22N4/c1-14(2)22-25-20(21(26-22)19-10-4-7-15(3)24-19)17-9-5-8-16(13-17)18-11-6-12-23-18/h4-14,23H,1-3H3,(H,25,26). The summed E-state index contributed by atoms with van der Waals surface area (Å²) in [6.07, 6.45) is 1.94. The number of aryl methyl sites for hydroxylation is 1. The molecular weight excluding hydrogens is 320 g/mol. The lowest BCUT2D eigenvalue weighted by molar-refractivity contribution is 0.795. The largest absolute Gasteiger partial charge is 0.361 e. The van der Waals surface area contributed by atoms with Gasteiger partial charge in [0, 0.05) is 29.1 Å². The van der Waals surface area contributed by atoms with Crippen LogP contribution in [0.2, 0.25) is 0 Å². The van der Waals surface area contributed by atoms with E-state index in [1.165, 1.54) is 0 Å². The van der Waals surface area contributed by atoms with E-state index in [0.717, 1.165) is 45.4 Å². The number of H-pyrrole nitrogens is 2. The number of hydrogen-bond donors (Lipinski definition) is 2. The van der Waals surface area contributed by atoms with Crippen LogP contribution in [-0.4, -0.2) is 19.9 Å².